The minimum Gasteiger partial charge on any atom is -0.343 e. The molecule has 0 aliphatic heterocycles. The molecule has 1 aromatic carbocycles. The van der Waals surface area contributed by atoms with Gasteiger partial charge in [-0.1, -0.05) is 35.3 Å². The van der Waals surface area contributed by atoms with Crippen LogP contribution in [0.25, 0.3) is 5.69 Å². The van der Waals surface area contributed by atoms with Crippen LogP contribution >= 0.6 is 34.5 Å². The number of rotatable bonds is 4. The number of hydrogen-bond donors (Lipinski definition) is 1. The Bertz CT molecular complexity index is 843. The Hall–Kier alpha value is -1.82. The van der Waals surface area contributed by atoms with Crippen LogP contribution in [-0.2, 0) is 0 Å². The summed E-state index contributed by atoms with van der Waals surface area (Å²) in [5.74, 6) is -0.243. The van der Waals surface area contributed by atoms with Gasteiger partial charge in [0.15, 0.2) is 5.69 Å². The molecule has 0 fully saturated rings. The molecule has 118 valence electrons. The summed E-state index contributed by atoms with van der Waals surface area (Å²) in [7, 11) is 0. The van der Waals surface area contributed by atoms with Crippen LogP contribution in [0.2, 0.25) is 9.36 Å². The van der Waals surface area contributed by atoms with Crippen molar-refractivity contribution < 1.29 is 4.79 Å². The minimum absolute atomic E-state index is 0.134. The van der Waals surface area contributed by atoms with Crippen molar-refractivity contribution in [1.82, 2.24) is 15.1 Å². The first-order valence-corrected chi connectivity index (χ1v) is 8.48. The zero-order chi connectivity index (χ0) is 16.4. The first-order valence-electron chi connectivity index (χ1n) is 6.91. The van der Waals surface area contributed by atoms with Crippen molar-refractivity contribution in [3.8, 4) is 5.69 Å². The summed E-state index contributed by atoms with van der Waals surface area (Å²) in [6.45, 7) is 1.91. The van der Waals surface area contributed by atoms with E-state index in [4.69, 9.17) is 23.2 Å². The lowest BCUT2D eigenvalue weighted by Gasteiger charge is -2.10. The van der Waals surface area contributed by atoms with E-state index in [0.29, 0.717) is 15.1 Å². The Labute approximate surface area is 147 Å². The quantitative estimate of drug-likeness (QED) is 0.726. The van der Waals surface area contributed by atoms with Gasteiger partial charge in [0.05, 0.1) is 21.1 Å². The van der Waals surface area contributed by atoms with E-state index in [-0.39, 0.29) is 11.9 Å². The summed E-state index contributed by atoms with van der Waals surface area (Å²) in [5.41, 5.74) is 1.06. The maximum atomic E-state index is 12.3. The molecule has 1 amide bonds. The third kappa shape index (κ3) is 3.58. The molecule has 0 saturated heterocycles. The molecule has 7 heteroatoms. The smallest absolute Gasteiger partial charge is 0.272 e. The van der Waals surface area contributed by atoms with Gasteiger partial charge in [0.25, 0.3) is 5.91 Å². The van der Waals surface area contributed by atoms with Crippen LogP contribution < -0.4 is 5.32 Å². The Kier molecular flexibility index (Phi) is 4.71. The van der Waals surface area contributed by atoms with Gasteiger partial charge in [0.1, 0.15) is 0 Å². The van der Waals surface area contributed by atoms with Crippen molar-refractivity contribution in [2.45, 2.75) is 13.0 Å². The molecular formula is C16H13Cl2N3OS. The second-order valence-corrected chi connectivity index (χ2v) is 7.09. The van der Waals surface area contributed by atoms with Crippen molar-refractivity contribution in [2.24, 2.45) is 0 Å². The molecule has 1 atom stereocenters. The van der Waals surface area contributed by atoms with Crippen LogP contribution in [0, 0.1) is 0 Å². The van der Waals surface area contributed by atoms with Crippen LogP contribution in [0.5, 0.6) is 0 Å². The molecule has 0 aliphatic rings. The van der Waals surface area contributed by atoms with E-state index in [1.54, 1.807) is 23.0 Å². The Morgan fingerprint density at radius 1 is 1.22 bits per heavy atom. The fourth-order valence-electron chi connectivity index (χ4n) is 2.12. The van der Waals surface area contributed by atoms with E-state index in [9.17, 15) is 4.79 Å². The van der Waals surface area contributed by atoms with E-state index >= 15 is 0 Å². The third-order valence-electron chi connectivity index (χ3n) is 3.29. The molecule has 0 radical (unpaired) electrons. The number of carbonyl (C=O) groups excluding carboxylic acids is 1. The van der Waals surface area contributed by atoms with Crippen LogP contribution in [0.4, 0.5) is 0 Å². The predicted molar refractivity (Wildman–Crippen MR) is 93.8 cm³/mol. The Balaban J connectivity index is 1.75. The van der Waals surface area contributed by atoms with E-state index in [2.05, 4.69) is 10.4 Å². The normalized spacial score (nSPS) is 12.1. The van der Waals surface area contributed by atoms with Crippen LogP contribution in [0.3, 0.4) is 0 Å². The molecule has 0 spiro atoms. The van der Waals surface area contributed by atoms with Gasteiger partial charge in [-0.2, -0.15) is 5.10 Å². The highest BCUT2D eigenvalue weighted by Gasteiger charge is 2.16. The number of hydrogen-bond acceptors (Lipinski definition) is 3. The lowest BCUT2D eigenvalue weighted by Crippen LogP contribution is -2.26. The highest BCUT2D eigenvalue weighted by molar-refractivity contribution is 7.16. The molecule has 3 rings (SSSR count). The number of nitrogens with zero attached hydrogens (tertiary/aromatic N) is 2. The first-order chi connectivity index (χ1) is 11.0. The van der Waals surface area contributed by atoms with E-state index in [1.165, 1.54) is 11.3 Å². The van der Waals surface area contributed by atoms with Gasteiger partial charge in [-0.05, 0) is 37.3 Å². The average molecular weight is 366 g/mol. The van der Waals surface area contributed by atoms with Gasteiger partial charge in [0, 0.05) is 11.1 Å². The average Bonchev–Trinajstić information content (AvgIpc) is 3.16. The van der Waals surface area contributed by atoms with Gasteiger partial charge in [-0.3, -0.25) is 4.79 Å². The highest BCUT2D eigenvalue weighted by atomic mass is 35.5. The number of thiophene rings is 1. The molecule has 23 heavy (non-hydrogen) atoms. The maximum absolute atomic E-state index is 12.3. The molecule has 3 aromatic rings. The lowest BCUT2D eigenvalue weighted by atomic mass is 10.2. The van der Waals surface area contributed by atoms with Crippen molar-refractivity contribution >= 4 is 40.4 Å². The second kappa shape index (κ2) is 6.74. The second-order valence-electron chi connectivity index (χ2n) is 4.93. The highest BCUT2D eigenvalue weighted by Crippen LogP contribution is 2.26. The molecular weight excluding hydrogens is 353 g/mol. The number of para-hydroxylation sites is 1. The fraction of sp³-hybridized carbons (Fsp3) is 0.125. The van der Waals surface area contributed by atoms with E-state index < -0.39 is 0 Å². The number of carbonyl (C=O) groups is 1. The topological polar surface area (TPSA) is 46.9 Å². The van der Waals surface area contributed by atoms with Crippen molar-refractivity contribution in [1.29, 1.82) is 0 Å². The standard InChI is InChI=1S/C16H13Cl2N3OS/c1-10(14-6-7-15(18)23-14)19-16(22)12-8-9-21(20-12)13-5-3-2-4-11(13)17/h2-10H,1H3,(H,19,22). The first kappa shape index (κ1) is 16.1. The van der Waals surface area contributed by atoms with Crippen molar-refractivity contribution in [3.63, 3.8) is 0 Å². The fourth-order valence-corrected chi connectivity index (χ4v) is 3.41. The molecule has 2 heterocycles. The minimum atomic E-state index is -0.243. The Morgan fingerprint density at radius 3 is 2.70 bits per heavy atom. The van der Waals surface area contributed by atoms with Gasteiger partial charge in [0.2, 0.25) is 0 Å². The van der Waals surface area contributed by atoms with E-state index in [0.717, 1.165) is 10.6 Å². The van der Waals surface area contributed by atoms with Crippen LogP contribution in [0.15, 0.2) is 48.7 Å². The van der Waals surface area contributed by atoms with Crippen molar-refractivity contribution in [2.75, 3.05) is 0 Å². The third-order valence-corrected chi connectivity index (χ3v) is 5.02. The van der Waals surface area contributed by atoms with Crippen molar-refractivity contribution in [3.05, 3.63) is 68.6 Å². The van der Waals surface area contributed by atoms with Crippen LogP contribution in [-0.4, -0.2) is 15.7 Å². The zero-order valence-corrected chi connectivity index (χ0v) is 14.5. The summed E-state index contributed by atoms with van der Waals surface area (Å²) in [4.78, 5) is 13.3. The zero-order valence-electron chi connectivity index (χ0n) is 12.2. The number of aromatic nitrogens is 2. The summed E-state index contributed by atoms with van der Waals surface area (Å²) >= 11 is 13.5. The Morgan fingerprint density at radius 2 is 2.00 bits per heavy atom. The van der Waals surface area contributed by atoms with Crippen LogP contribution in [0.1, 0.15) is 28.3 Å². The molecule has 4 nitrogen and oxygen atoms in total. The SMILES string of the molecule is CC(NC(=O)c1ccn(-c2ccccc2Cl)n1)c1ccc(Cl)s1. The largest absolute Gasteiger partial charge is 0.343 e. The molecule has 1 N–H and O–H groups in total. The predicted octanol–water partition coefficient (Wildman–Crippen LogP) is 4.73. The summed E-state index contributed by atoms with van der Waals surface area (Å²) in [6, 6.07) is 12.6. The number of amides is 1. The number of benzene rings is 1. The molecule has 0 aliphatic carbocycles. The monoisotopic (exact) mass is 365 g/mol. The lowest BCUT2D eigenvalue weighted by molar-refractivity contribution is 0.0935. The molecule has 2 aromatic heterocycles. The summed E-state index contributed by atoms with van der Waals surface area (Å²) in [6.07, 6.45) is 1.71. The summed E-state index contributed by atoms with van der Waals surface area (Å²) < 4.78 is 2.29. The number of halogens is 2. The van der Waals surface area contributed by atoms with Gasteiger partial charge >= 0.3 is 0 Å². The molecule has 0 bridgehead atoms. The van der Waals surface area contributed by atoms with Gasteiger partial charge in [-0.15, -0.1) is 11.3 Å². The number of nitrogens with one attached hydrogen (secondary N) is 1. The van der Waals surface area contributed by atoms with Gasteiger partial charge < -0.3 is 5.32 Å². The maximum Gasteiger partial charge on any atom is 0.272 e. The molecule has 0 saturated carbocycles. The summed E-state index contributed by atoms with van der Waals surface area (Å²) in [5, 5.41) is 7.77. The van der Waals surface area contributed by atoms with E-state index in [1.807, 2.05) is 37.3 Å². The molecule has 1 unspecified atom stereocenters. The van der Waals surface area contributed by atoms with Gasteiger partial charge in [-0.25, -0.2) is 4.68 Å².